The molecule has 0 heterocycles. The minimum Gasteiger partial charge on any atom is -0.481 e. The number of nitrogens with two attached hydrogens (primary N) is 1. The number of hydrogen-bond donors (Lipinski definition) is 2. The minimum absolute atomic E-state index is 0.231. The van der Waals surface area contributed by atoms with Crippen molar-refractivity contribution in [2.75, 3.05) is 0 Å². The van der Waals surface area contributed by atoms with Gasteiger partial charge in [0.25, 0.3) is 0 Å². The molecule has 0 atom stereocenters. The van der Waals surface area contributed by atoms with E-state index in [1.54, 1.807) is 0 Å². The van der Waals surface area contributed by atoms with Crippen molar-refractivity contribution in [1.82, 2.24) is 0 Å². The number of hydrogen-bond acceptors (Lipinski definition) is 2. The van der Waals surface area contributed by atoms with Crippen molar-refractivity contribution < 1.29 is 9.90 Å². The largest absolute Gasteiger partial charge is 0.481 e. The van der Waals surface area contributed by atoms with Crippen LogP contribution in [0.5, 0.6) is 0 Å². The van der Waals surface area contributed by atoms with E-state index in [1.807, 2.05) is 0 Å². The monoisotopic (exact) mass is 239 g/mol. The number of aliphatic carboxylic acids is 1. The molecule has 0 radical (unpaired) electrons. The summed E-state index contributed by atoms with van der Waals surface area (Å²) < 4.78 is 0. The first-order chi connectivity index (χ1) is 8.12. The topological polar surface area (TPSA) is 63.3 Å². The second-order valence-electron chi connectivity index (χ2n) is 6.11. The number of rotatable bonds is 4. The number of carboxylic acid groups (broad SMARTS) is 1. The molecule has 2 saturated carbocycles. The van der Waals surface area contributed by atoms with Crippen LogP contribution in [-0.2, 0) is 4.79 Å². The summed E-state index contributed by atoms with van der Waals surface area (Å²) in [6, 6.07) is 0.231. The van der Waals surface area contributed by atoms with Gasteiger partial charge >= 0.3 is 5.97 Å². The summed E-state index contributed by atoms with van der Waals surface area (Å²) >= 11 is 0. The third kappa shape index (κ3) is 3.01. The molecule has 0 spiro atoms. The molecule has 98 valence electrons. The summed E-state index contributed by atoms with van der Waals surface area (Å²) in [4.78, 5) is 11.5. The van der Waals surface area contributed by atoms with Crippen LogP contribution in [0, 0.1) is 11.3 Å². The first-order valence-electron chi connectivity index (χ1n) is 7.11. The Bertz CT molecular complexity index is 263. The van der Waals surface area contributed by atoms with Crippen LogP contribution in [-0.4, -0.2) is 17.1 Å². The van der Waals surface area contributed by atoms with E-state index in [0.717, 1.165) is 44.4 Å². The summed E-state index contributed by atoms with van der Waals surface area (Å²) in [5, 5.41) is 9.51. The first-order valence-corrected chi connectivity index (χ1v) is 7.11. The molecule has 3 nitrogen and oxygen atoms in total. The van der Waals surface area contributed by atoms with E-state index in [0.29, 0.717) is 0 Å². The van der Waals surface area contributed by atoms with Gasteiger partial charge in [0, 0.05) is 6.04 Å². The fourth-order valence-electron chi connectivity index (χ4n) is 3.54. The van der Waals surface area contributed by atoms with Crippen LogP contribution in [0.1, 0.15) is 64.2 Å². The lowest BCUT2D eigenvalue weighted by Crippen LogP contribution is -2.39. The Labute approximate surface area is 104 Å². The van der Waals surface area contributed by atoms with Gasteiger partial charge in [0.05, 0.1) is 5.41 Å². The summed E-state index contributed by atoms with van der Waals surface area (Å²) in [6.45, 7) is 0. The van der Waals surface area contributed by atoms with Crippen molar-refractivity contribution in [3.63, 3.8) is 0 Å². The third-order valence-corrected chi connectivity index (χ3v) is 4.95. The SMILES string of the molecule is NC1CCC(CCC2CCCC2)(C(=O)O)CC1. The van der Waals surface area contributed by atoms with Crippen LogP contribution in [0.3, 0.4) is 0 Å². The molecule has 0 bridgehead atoms. The lowest BCUT2D eigenvalue weighted by atomic mass is 9.69. The van der Waals surface area contributed by atoms with Gasteiger partial charge in [-0.2, -0.15) is 0 Å². The maximum atomic E-state index is 11.5. The van der Waals surface area contributed by atoms with Crippen molar-refractivity contribution >= 4 is 5.97 Å². The van der Waals surface area contributed by atoms with Gasteiger partial charge in [-0.3, -0.25) is 4.79 Å². The highest BCUT2D eigenvalue weighted by Crippen LogP contribution is 2.42. The van der Waals surface area contributed by atoms with Gasteiger partial charge in [-0.05, 0) is 44.4 Å². The van der Waals surface area contributed by atoms with Crippen molar-refractivity contribution in [2.45, 2.75) is 70.3 Å². The zero-order valence-electron chi connectivity index (χ0n) is 10.7. The van der Waals surface area contributed by atoms with Crippen molar-refractivity contribution in [3.8, 4) is 0 Å². The molecule has 0 aliphatic heterocycles. The molecule has 0 amide bonds. The van der Waals surface area contributed by atoms with Crippen LogP contribution in [0.2, 0.25) is 0 Å². The van der Waals surface area contributed by atoms with E-state index >= 15 is 0 Å². The van der Waals surface area contributed by atoms with Gasteiger partial charge in [-0.15, -0.1) is 0 Å². The Morgan fingerprint density at radius 1 is 1.18 bits per heavy atom. The smallest absolute Gasteiger partial charge is 0.309 e. The van der Waals surface area contributed by atoms with Gasteiger partial charge in [0.2, 0.25) is 0 Å². The molecule has 17 heavy (non-hydrogen) atoms. The fourth-order valence-corrected chi connectivity index (χ4v) is 3.54. The summed E-state index contributed by atoms with van der Waals surface area (Å²) in [7, 11) is 0. The van der Waals surface area contributed by atoms with Gasteiger partial charge < -0.3 is 10.8 Å². The van der Waals surface area contributed by atoms with Crippen LogP contribution in [0.25, 0.3) is 0 Å². The van der Waals surface area contributed by atoms with E-state index < -0.39 is 11.4 Å². The maximum absolute atomic E-state index is 11.5. The van der Waals surface area contributed by atoms with E-state index in [2.05, 4.69) is 0 Å². The standard InChI is InChI=1S/C14H25NO2/c15-12-6-9-14(10-7-12,13(16)17)8-5-11-3-1-2-4-11/h11-12H,1-10,15H2,(H,16,17). The van der Waals surface area contributed by atoms with Crippen molar-refractivity contribution in [2.24, 2.45) is 17.1 Å². The van der Waals surface area contributed by atoms with Crippen LogP contribution >= 0.6 is 0 Å². The van der Waals surface area contributed by atoms with E-state index in [-0.39, 0.29) is 6.04 Å². The average molecular weight is 239 g/mol. The third-order valence-electron chi connectivity index (χ3n) is 4.95. The molecule has 0 aromatic carbocycles. The predicted molar refractivity (Wildman–Crippen MR) is 67.7 cm³/mol. The van der Waals surface area contributed by atoms with Crippen molar-refractivity contribution in [1.29, 1.82) is 0 Å². The fraction of sp³-hybridized carbons (Fsp3) is 0.929. The molecule has 0 aromatic heterocycles. The Morgan fingerprint density at radius 2 is 1.76 bits per heavy atom. The van der Waals surface area contributed by atoms with Gasteiger partial charge in [-0.1, -0.05) is 25.7 Å². The predicted octanol–water partition coefficient (Wildman–Crippen LogP) is 2.93. The molecule has 2 aliphatic carbocycles. The molecule has 2 rings (SSSR count). The second-order valence-corrected chi connectivity index (χ2v) is 6.11. The minimum atomic E-state index is -0.581. The molecule has 2 fully saturated rings. The highest BCUT2D eigenvalue weighted by atomic mass is 16.4. The first kappa shape index (κ1) is 12.9. The number of carboxylic acids is 1. The lowest BCUT2D eigenvalue weighted by molar-refractivity contribution is -0.152. The van der Waals surface area contributed by atoms with Crippen LogP contribution in [0.4, 0.5) is 0 Å². The second kappa shape index (κ2) is 5.38. The molecule has 2 aliphatic rings. The highest BCUT2D eigenvalue weighted by molar-refractivity contribution is 5.74. The molecular weight excluding hydrogens is 214 g/mol. The Kier molecular flexibility index (Phi) is 4.08. The Balaban J connectivity index is 1.89. The lowest BCUT2D eigenvalue weighted by Gasteiger charge is -2.36. The Morgan fingerprint density at radius 3 is 2.29 bits per heavy atom. The average Bonchev–Trinajstić information content (AvgIpc) is 2.81. The summed E-state index contributed by atoms with van der Waals surface area (Å²) in [6.07, 6.45) is 10.7. The summed E-state index contributed by atoms with van der Waals surface area (Å²) in [5.74, 6) is 0.212. The zero-order chi connectivity index (χ0) is 12.3. The van der Waals surface area contributed by atoms with Gasteiger partial charge in [-0.25, -0.2) is 0 Å². The molecular formula is C14H25NO2. The highest BCUT2D eigenvalue weighted by Gasteiger charge is 2.41. The maximum Gasteiger partial charge on any atom is 0.309 e. The Hall–Kier alpha value is -0.570. The molecule has 0 unspecified atom stereocenters. The van der Waals surface area contributed by atoms with E-state index in [4.69, 9.17) is 5.73 Å². The molecule has 3 N–H and O–H groups in total. The van der Waals surface area contributed by atoms with E-state index in [1.165, 1.54) is 25.7 Å². The molecule has 0 aromatic rings. The zero-order valence-corrected chi connectivity index (χ0v) is 10.7. The van der Waals surface area contributed by atoms with E-state index in [9.17, 15) is 9.90 Å². The normalized spacial score (nSPS) is 35.0. The quantitative estimate of drug-likeness (QED) is 0.792. The van der Waals surface area contributed by atoms with Gasteiger partial charge in [0.15, 0.2) is 0 Å². The van der Waals surface area contributed by atoms with Crippen LogP contribution < -0.4 is 5.73 Å². The molecule has 3 heteroatoms. The number of carbonyl (C=O) groups is 1. The summed E-state index contributed by atoms with van der Waals surface area (Å²) in [5.41, 5.74) is 5.44. The van der Waals surface area contributed by atoms with Gasteiger partial charge in [0.1, 0.15) is 0 Å². The van der Waals surface area contributed by atoms with Crippen LogP contribution in [0.15, 0.2) is 0 Å². The van der Waals surface area contributed by atoms with Crippen molar-refractivity contribution in [3.05, 3.63) is 0 Å². The molecule has 0 saturated heterocycles.